The van der Waals surface area contributed by atoms with Crippen molar-refractivity contribution in [3.63, 3.8) is 0 Å². The van der Waals surface area contributed by atoms with Gasteiger partial charge in [0, 0.05) is 30.0 Å². The molecule has 0 atom stereocenters. The average Bonchev–Trinajstić information content (AvgIpc) is 2.60. The van der Waals surface area contributed by atoms with E-state index in [-0.39, 0.29) is 11.3 Å². The third-order valence-electron chi connectivity index (χ3n) is 3.51. The van der Waals surface area contributed by atoms with Crippen LogP contribution < -0.4 is 10.5 Å². The summed E-state index contributed by atoms with van der Waals surface area (Å²) in [6.45, 7) is 0.850. The van der Waals surface area contributed by atoms with Crippen LogP contribution in [0.2, 0.25) is 5.02 Å². The number of nitrogens with two attached hydrogens (primary N) is 1. The molecule has 3 N–H and O–H groups in total. The molecule has 0 saturated carbocycles. The number of hydrogen-bond acceptors (Lipinski definition) is 5. The Morgan fingerprint density at radius 2 is 1.81 bits per heavy atom. The molecule has 0 bridgehead atoms. The second-order valence-corrected chi connectivity index (χ2v) is 6.80. The second-order valence-electron chi connectivity index (χ2n) is 5.57. The molecule has 4 nitrogen and oxygen atoms in total. The van der Waals surface area contributed by atoms with Gasteiger partial charge in [0.1, 0.15) is 16.7 Å². The van der Waals surface area contributed by atoms with Gasteiger partial charge in [-0.25, -0.2) is 18.7 Å². The molecule has 0 aliphatic rings. The lowest BCUT2D eigenvalue weighted by molar-refractivity contribution is 0.0181. The number of aromatic nitrogens is 2. The molecule has 3 aromatic rings. The molecule has 1 aromatic carbocycles. The highest BCUT2D eigenvalue weighted by molar-refractivity contribution is 8.00. The lowest BCUT2D eigenvalue weighted by Gasteiger charge is -2.16. The predicted octanol–water partition coefficient (Wildman–Crippen LogP) is 5.61. The van der Waals surface area contributed by atoms with Crippen molar-refractivity contribution in [1.29, 1.82) is 0 Å². The van der Waals surface area contributed by atoms with E-state index in [1.165, 1.54) is 18.0 Å². The number of benzene rings is 1. The quantitative estimate of drug-likeness (QED) is 0.552. The van der Waals surface area contributed by atoms with Crippen LogP contribution in [-0.4, -0.2) is 9.97 Å². The van der Waals surface area contributed by atoms with Crippen LogP contribution in [0.25, 0.3) is 11.3 Å². The van der Waals surface area contributed by atoms with Gasteiger partial charge in [0.05, 0.1) is 10.7 Å². The zero-order valence-electron chi connectivity index (χ0n) is 13.7. The summed E-state index contributed by atoms with van der Waals surface area (Å²) in [7, 11) is 0. The molecule has 26 heavy (non-hydrogen) atoms. The second kappa shape index (κ2) is 7.47. The molecule has 2 heterocycles. The van der Waals surface area contributed by atoms with E-state index in [4.69, 9.17) is 17.3 Å². The molecule has 0 aliphatic carbocycles. The summed E-state index contributed by atoms with van der Waals surface area (Å²) in [5.41, 5.74) is 6.10. The number of rotatable bonds is 5. The molecular formula is C18H15ClF2N4S. The first-order valence-corrected chi connectivity index (χ1v) is 8.83. The van der Waals surface area contributed by atoms with Gasteiger partial charge >= 0.3 is 0 Å². The number of halogens is 3. The minimum Gasteiger partial charge on any atom is -0.384 e. The Morgan fingerprint density at radius 3 is 2.54 bits per heavy atom. The molecule has 0 saturated heterocycles. The lowest BCUT2D eigenvalue weighted by Crippen LogP contribution is -2.09. The van der Waals surface area contributed by atoms with Crippen LogP contribution in [-0.2, 0) is 5.92 Å². The van der Waals surface area contributed by atoms with Gasteiger partial charge in [0.15, 0.2) is 0 Å². The van der Waals surface area contributed by atoms with E-state index in [0.29, 0.717) is 27.2 Å². The van der Waals surface area contributed by atoms with E-state index in [1.54, 1.807) is 48.5 Å². The molecule has 0 spiro atoms. The maximum atomic E-state index is 13.9. The Balaban J connectivity index is 1.92. The van der Waals surface area contributed by atoms with Crippen molar-refractivity contribution < 1.29 is 8.78 Å². The minimum absolute atomic E-state index is 0.128. The van der Waals surface area contributed by atoms with Gasteiger partial charge in [0.25, 0.3) is 5.92 Å². The van der Waals surface area contributed by atoms with E-state index in [0.717, 1.165) is 6.92 Å². The fourth-order valence-electron chi connectivity index (χ4n) is 2.35. The number of nitrogens with zero attached hydrogens (tertiary/aromatic N) is 2. The first-order chi connectivity index (χ1) is 12.3. The van der Waals surface area contributed by atoms with Gasteiger partial charge in [-0.15, -0.1) is 0 Å². The highest BCUT2D eigenvalue weighted by atomic mass is 35.5. The summed E-state index contributed by atoms with van der Waals surface area (Å²) < 4.78 is 30.9. The number of nitrogen functional groups attached to an aromatic ring is 1. The minimum atomic E-state index is -3.01. The third kappa shape index (κ3) is 4.23. The lowest BCUT2D eigenvalue weighted by atomic mass is 9.99. The number of alkyl halides is 2. The molecule has 0 radical (unpaired) electrons. The van der Waals surface area contributed by atoms with Gasteiger partial charge in [-0.3, -0.25) is 0 Å². The van der Waals surface area contributed by atoms with Crippen molar-refractivity contribution in [1.82, 2.24) is 9.97 Å². The van der Waals surface area contributed by atoms with Crippen molar-refractivity contribution >= 4 is 35.2 Å². The molecule has 2 aromatic heterocycles. The van der Waals surface area contributed by atoms with Gasteiger partial charge in [-0.1, -0.05) is 41.9 Å². The van der Waals surface area contributed by atoms with Gasteiger partial charge in [0.2, 0.25) is 0 Å². The number of pyridine rings is 2. The Labute approximate surface area is 158 Å². The van der Waals surface area contributed by atoms with E-state index in [9.17, 15) is 8.78 Å². The molecule has 0 amide bonds. The molecule has 0 fully saturated rings. The molecule has 0 aliphatic heterocycles. The van der Waals surface area contributed by atoms with E-state index < -0.39 is 5.92 Å². The van der Waals surface area contributed by atoms with E-state index in [1.807, 2.05) is 0 Å². The Hall–Kier alpha value is -2.38. The van der Waals surface area contributed by atoms with Crippen LogP contribution in [0.5, 0.6) is 0 Å². The monoisotopic (exact) mass is 392 g/mol. The van der Waals surface area contributed by atoms with Crippen LogP contribution in [0.3, 0.4) is 0 Å². The first-order valence-electron chi connectivity index (χ1n) is 7.64. The van der Waals surface area contributed by atoms with Crippen molar-refractivity contribution in [2.45, 2.75) is 17.9 Å². The smallest absolute Gasteiger partial charge is 0.271 e. The van der Waals surface area contributed by atoms with Crippen LogP contribution in [0.15, 0.2) is 59.6 Å². The van der Waals surface area contributed by atoms with Crippen LogP contribution in [0.1, 0.15) is 12.5 Å². The van der Waals surface area contributed by atoms with Crippen LogP contribution in [0.4, 0.5) is 20.4 Å². The summed E-state index contributed by atoms with van der Waals surface area (Å²) in [5.74, 6) is -2.14. The SMILES string of the molecule is CC(F)(F)c1ccccc1-c1nc(NSc2cccc(N)n2)ccc1Cl. The highest BCUT2D eigenvalue weighted by Crippen LogP contribution is 2.38. The van der Waals surface area contributed by atoms with Crippen molar-refractivity contribution in [2.24, 2.45) is 0 Å². The molecule has 0 unspecified atom stereocenters. The van der Waals surface area contributed by atoms with E-state index in [2.05, 4.69) is 14.7 Å². The van der Waals surface area contributed by atoms with Crippen molar-refractivity contribution in [2.75, 3.05) is 10.5 Å². The summed E-state index contributed by atoms with van der Waals surface area (Å²) in [6.07, 6.45) is 0. The topological polar surface area (TPSA) is 63.8 Å². The van der Waals surface area contributed by atoms with Gasteiger partial charge in [-0.2, -0.15) is 0 Å². The molecule has 3 rings (SSSR count). The summed E-state index contributed by atoms with van der Waals surface area (Å²) in [4.78, 5) is 8.56. The maximum Gasteiger partial charge on any atom is 0.271 e. The largest absolute Gasteiger partial charge is 0.384 e. The first kappa shape index (κ1) is 18.4. The summed E-state index contributed by atoms with van der Waals surface area (Å²) in [5, 5.41) is 0.947. The number of nitrogens with one attached hydrogen (secondary N) is 1. The average molecular weight is 393 g/mol. The van der Waals surface area contributed by atoms with Crippen molar-refractivity contribution in [3.05, 3.63) is 65.2 Å². The predicted molar refractivity (Wildman–Crippen MR) is 102 cm³/mol. The zero-order valence-corrected chi connectivity index (χ0v) is 15.3. The summed E-state index contributed by atoms with van der Waals surface area (Å²) in [6, 6.07) is 14.7. The summed E-state index contributed by atoms with van der Waals surface area (Å²) >= 11 is 7.43. The normalized spacial score (nSPS) is 11.4. The Morgan fingerprint density at radius 1 is 1.04 bits per heavy atom. The molecular weight excluding hydrogens is 378 g/mol. The van der Waals surface area contributed by atoms with Gasteiger partial charge < -0.3 is 10.5 Å². The van der Waals surface area contributed by atoms with Crippen LogP contribution in [0, 0.1) is 0 Å². The highest BCUT2D eigenvalue weighted by Gasteiger charge is 2.28. The number of hydrogen-bond donors (Lipinski definition) is 2. The fourth-order valence-corrected chi connectivity index (χ4v) is 3.18. The molecule has 134 valence electrons. The Bertz CT molecular complexity index is 931. The van der Waals surface area contributed by atoms with Gasteiger partial charge in [-0.05, 0) is 24.3 Å². The zero-order chi connectivity index (χ0) is 18.7. The molecule has 8 heteroatoms. The third-order valence-corrected chi connectivity index (χ3v) is 4.56. The Kier molecular flexibility index (Phi) is 5.29. The van der Waals surface area contributed by atoms with Crippen LogP contribution >= 0.6 is 23.5 Å². The van der Waals surface area contributed by atoms with E-state index >= 15 is 0 Å². The standard InChI is InChI=1S/C18H15ClF2N4S/c1-18(20,21)12-6-3-2-5-11(12)17-13(19)9-10-15(24-17)25-26-16-8-4-7-14(22)23-16/h2-10H,1H3,(H2,22,23)(H,24,25). The fraction of sp³-hybridized carbons (Fsp3) is 0.111. The van der Waals surface area contributed by atoms with Crippen molar-refractivity contribution in [3.8, 4) is 11.3 Å². The maximum absolute atomic E-state index is 13.9. The number of anilines is 2.